The zero-order chi connectivity index (χ0) is 30.5. The Hall–Kier alpha value is -3.76. The van der Waals surface area contributed by atoms with E-state index in [2.05, 4.69) is 15.6 Å². The maximum atomic E-state index is 12.5. The SMILES string of the molecule is CN=C(N)Nc1cc(CC/C=C/C(=O)CCc2ccc(O)c(OC)c2)cc(O[C@]2(CNC)CC[C@H](CCOC)C2)c1O. The van der Waals surface area contributed by atoms with Crippen molar-refractivity contribution in [3.05, 3.63) is 53.6 Å². The maximum absolute atomic E-state index is 12.5. The van der Waals surface area contributed by atoms with Crippen LogP contribution >= 0.6 is 0 Å². The quantitative estimate of drug-likeness (QED) is 0.0844. The molecule has 2 atom stereocenters. The van der Waals surface area contributed by atoms with Gasteiger partial charge in [0, 0.05) is 33.7 Å². The molecule has 2 aromatic carbocycles. The standard InChI is InChI=1S/C32H46N4O6/c1-34-21-32(15-13-23(20-32)14-16-40-3)42-29-19-24(17-26(30(29)39)36-31(33)35-2)7-5-6-8-25(37)11-9-22-10-12-27(38)28(18-22)41-4/h6,8,10,12,17-19,23,34,38-39H,5,7,9,11,13-16,20-21H2,1-4H3,(H3,33,35,36)/b8-6+/t23-,32-/m1/s1. The Morgan fingerprint density at radius 1 is 1.17 bits per heavy atom. The molecule has 1 saturated carbocycles. The third kappa shape index (κ3) is 9.39. The van der Waals surface area contributed by atoms with Crippen LogP contribution in [0.2, 0.25) is 0 Å². The van der Waals surface area contributed by atoms with E-state index in [1.165, 1.54) is 7.11 Å². The molecular formula is C32H46N4O6. The van der Waals surface area contributed by atoms with Gasteiger partial charge < -0.3 is 40.8 Å². The van der Waals surface area contributed by atoms with E-state index < -0.39 is 5.60 Å². The summed E-state index contributed by atoms with van der Waals surface area (Å²) >= 11 is 0. The molecule has 2 aromatic rings. The summed E-state index contributed by atoms with van der Waals surface area (Å²) < 4.78 is 17.0. The minimum Gasteiger partial charge on any atom is -0.504 e. The van der Waals surface area contributed by atoms with Gasteiger partial charge in [-0.2, -0.15) is 0 Å². The van der Waals surface area contributed by atoms with Gasteiger partial charge in [0.25, 0.3) is 0 Å². The van der Waals surface area contributed by atoms with Gasteiger partial charge in [0.2, 0.25) is 0 Å². The van der Waals surface area contributed by atoms with Gasteiger partial charge in [0.05, 0.1) is 12.8 Å². The molecule has 0 aliphatic heterocycles. The number of aromatic hydroxyl groups is 2. The smallest absolute Gasteiger partial charge is 0.192 e. The van der Waals surface area contributed by atoms with E-state index in [4.69, 9.17) is 19.9 Å². The van der Waals surface area contributed by atoms with Gasteiger partial charge in [-0.3, -0.25) is 9.79 Å². The molecule has 230 valence electrons. The topological polar surface area (TPSA) is 148 Å². The molecule has 10 nitrogen and oxygen atoms in total. The Balaban J connectivity index is 1.69. The molecule has 0 heterocycles. The second-order valence-electron chi connectivity index (χ2n) is 10.8. The van der Waals surface area contributed by atoms with Crippen LogP contribution in [-0.4, -0.2) is 69.0 Å². The fourth-order valence-electron chi connectivity index (χ4n) is 5.44. The summed E-state index contributed by atoms with van der Waals surface area (Å²) in [7, 11) is 6.69. The van der Waals surface area contributed by atoms with Gasteiger partial charge in [-0.15, -0.1) is 0 Å². The van der Waals surface area contributed by atoms with E-state index in [1.54, 1.807) is 38.4 Å². The van der Waals surface area contributed by atoms with Crippen molar-refractivity contribution in [3.63, 3.8) is 0 Å². The van der Waals surface area contributed by atoms with Crippen molar-refractivity contribution in [3.8, 4) is 23.0 Å². The number of aliphatic imine (C=N–C) groups is 1. The van der Waals surface area contributed by atoms with Crippen LogP contribution in [0.3, 0.4) is 0 Å². The van der Waals surface area contributed by atoms with Crippen LogP contribution in [0.15, 0.2) is 47.5 Å². The monoisotopic (exact) mass is 582 g/mol. The Bertz CT molecular complexity index is 1250. The molecule has 3 rings (SSSR count). The molecule has 0 amide bonds. The summed E-state index contributed by atoms with van der Waals surface area (Å²) in [6.45, 7) is 1.37. The van der Waals surface area contributed by atoms with Crippen molar-refractivity contribution in [1.29, 1.82) is 0 Å². The number of ether oxygens (including phenoxy) is 3. The summed E-state index contributed by atoms with van der Waals surface area (Å²) in [5, 5.41) is 27.1. The van der Waals surface area contributed by atoms with Crippen LogP contribution < -0.4 is 25.8 Å². The summed E-state index contributed by atoms with van der Waals surface area (Å²) in [6.07, 6.45) is 9.37. The van der Waals surface area contributed by atoms with E-state index in [1.807, 2.05) is 25.3 Å². The van der Waals surface area contributed by atoms with Gasteiger partial charge in [0.15, 0.2) is 34.7 Å². The number of nitrogens with one attached hydrogen (secondary N) is 2. The van der Waals surface area contributed by atoms with E-state index in [9.17, 15) is 15.0 Å². The van der Waals surface area contributed by atoms with Gasteiger partial charge in [-0.25, -0.2) is 0 Å². The normalized spacial score (nSPS) is 18.9. The van der Waals surface area contributed by atoms with Crippen LogP contribution in [-0.2, 0) is 22.4 Å². The van der Waals surface area contributed by atoms with E-state index >= 15 is 0 Å². The lowest BCUT2D eigenvalue weighted by Gasteiger charge is -2.31. The van der Waals surface area contributed by atoms with E-state index in [-0.39, 0.29) is 23.2 Å². The maximum Gasteiger partial charge on any atom is 0.192 e. The van der Waals surface area contributed by atoms with Gasteiger partial charge in [0.1, 0.15) is 5.60 Å². The highest BCUT2D eigenvalue weighted by Crippen LogP contribution is 2.44. The molecule has 1 fully saturated rings. The Morgan fingerprint density at radius 3 is 2.67 bits per heavy atom. The fraction of sp³-hybridized carbons (Fsp3) is 0.500. The average Bonchev–Trinajstić information content (AvgIpc) is 3.38. The summed E-state index contributed by atoms with van der Waals surface area (Å²) in [5.41, 5.74) is 7.74. The number of carbonyl (C=O) groups excluding carboxylic acids is 1. The number of phenolic OH excluding ortho intramolecular Hbond substituents is 2. The van der Waals surface area contributed by atoms with Crippen molar-refractivity contribution >= 4 is 17.4 Å². The molecule has 1 aliphatic rings. The lowest BCUT2D eigenvalue weighted by atomic mass is 9.97. The first-order valence-electron chi connectivity index (χ1n) is 14.5. The number of rotatable bonds is 16. The minimum absolute atomic E-state index is 0.0160. The van der Waals surface area contributed by atoms with Crippen LogP contribution in [0.4, 0.5) is 5.69 Å². The predicted molar refractivity (Wildman–Crippen MR) is 166 cm³/mol. The number of ketones is 1. The Kier molecular flexibility index (Phi) is 12.5. The molecule has 6 N–H and O–H groups in total. The van der Waals surface area contributed by atoms with Crippen LogP contribution in [0.5, 0.6) is 23.0 Å². The van der Waals surface area contributed by atoms with Gasteiger partial charge >= 0.3 is 0 Å². The largest absolute Gasteiger partial charge is 0.504 e. The molecule has 0 saturated heterocycles. The molecule has 0 spiro atoms. The molecular weight excluding hydrogens is 536 g/mol. The third-order valence-electron chi connectivity index (χ3n) is 7.67. The number of phenols is 2. The fourth-order valence-corrected chi connectivity index (χ4v) is 5.44. The lowest BCUT2D eigenvalue weighted by molar-refractivity contribution is -0.114. The third-order valence-corrected chi connectivity index (χ3v) is 7.67. The van der Waals surface area contributed by atoms with E-state index in [0.717, 1.165) is 36.8 Å². The molecule has 10 heteroatoms. The second kappa shape index (κ2) is 16.0. The minimum atomic E-state index is -0.446. The van der Waals surface area contributed by atoms with Crippen LogP contribution in [0, 0.1) is 5.92 Å². The molecule has 0 bridgehead atoms. The highest BCUT2D eigenvalue weighted by atomic mass is 16.5. The number of hydrogen-bond donors (Lipinski definition) is 5. The number of methoxy groups -OCH3 is 2. The van der Waals surface area contributed by atoms with Gasteiger partial charge in [-0.1, -0.05) is 12.1 Å². The first kappa shape index (κ1) is 32.8. The van der Waals surface area contributed by atoms with Crippen molar-refractivity contribution in [2.75, 3.05) is 46.8 Å². The Labute approximate surface area is 249 Å². The zero-order valence-corrected chi connectivity index (χ0v) is 25.2. The van der Waals surface area contributed by atoms with Crippen molar-refractivity contribution < 1.29 is 29.2 Å². The second-order valence-corrected chi connectivity index (χ2v) is 10.8. The van der Waals surface area contributed by atoms with Crippen molar-refractivity contribution in [2.24, 2.45) is 16.6 Å². The number of carbonyl (C=O) groups is 1. The molecule has 0 radical (unpaired) electrons. The number of benzene rings is 2. The highest BCUT2D eigenvalue weighted by Gasteiger charge is 2.41. The Morgan fingerprint density at radius 2 is 1.95 bits per heavy atom. The summed E-state index contributed by atoms with van der Waals surface area (Å²) in [5.74, 6) is 1.53. The van der Waals surface area contributed by atoms with Crippen LogP contribution in [0.1, 0.15) is 49.7 Å². The average molecular weight is 583 g/mol. The van der Waals surface area contributed by atoms with Crippen molar-refractivity contribution in [2.45, 2.75) is 57.0 Å². The van der Waals surface area contributed by atoms with Crippen molar-refractivity contribution in [1.82, 2.24) is 5.32 Å². The predicted octanol–water partition coefficient (Wildman–Crippen LogP) is 4.33. The first-order valence-corrected chi connectivity index (χ1v) is 14.5. The van der Waals surface area contributed by atoms with Crippen LogP contribution in [0.25, 0.3) is 0 Å². The number of nitrogens with two attached hydrogens (primary N) is 1. The highest BCUT2D eigenvalue weighted by molar-refractivity contribution is 5.94. The summed E-state index contributed by atoms with van der Waals surface area (Å²) in [6, 6.07) is 8.79. The number of aryl methyl sites for hydroxylation is 2. The lowest BCUT2D eigenvalue weighted by Crippen LogP contribution is -2.42. The number of likely N-dealkylation sites (N-methyl/N-ethyl adjacent to an activating group) is 1. The zero-order valence-electron chi connectivity index (χ0n) is 25.2. The molecule has 1 aliphatic carbocycles. The number of hydrogen-bond acceptors (Lipinski definition) is 8. The van der Waals surface area contributed by atoms with Gasteiger partial charge in [-0.05, 0) is 99.4 Å². The number of nitrogens with zero attached hydrogens (tertiary/aromatic N) is 1. The molecule has 0 aromatic heterocycles. The molecule has 42 heavy (non-hydrogen) atoms. The van der Waals surface area contributed by atoms with E-state index in [0.29, 0.717) is 61.9 Å². The first-order chi connectivity index (χ1) is 20.2. The number of anilines is 1. The number of allylic oxidation sites excluding steroid dienone is 2. The summed E-state index contributed by atoms with van der Waals surface area (Å²) in [4.78, 5) is 16.4. The number of guanidine groups is 1. The molecule has 0 unspecified atom stereocenters.